The molecule has 0 saturated carbocycles. The largest absolute Gasteiger partial charge is 0.314 e. The molecule has 96 valence electrons. The van der Waals surface area contributed by atoms with E-state index in [0.717, 1.165) is 18.0 Å². The number of rotatable bonds is 7. The molecule has 0 saturated heterocycles. The van der Waals surface area contributed by atoms with Gasteiger partial charge in [0.15, 0.2) is 0 Å². The molecule has 17 heavy (non-hydrogen) atoms. The van der Waals surface area contributed by atoms with E-state index >= 15 is 0 Å². The van der Waals surface area contributed by atoms with Crippen molar-refractivity contribution in [3.05, 3.63) is 34.9 Å². The summed E-state index contributed by atoms with van der Waals surface area (Å²) in [6.07, 6.45) is 3.49. The lowest BCUT2D eigenvalue weighted by Gasteiger charge is -2.21. The van der Waals surface area contributed by atoms with Gasteiger partial charge < -0.3 is 5.32 Å². The first-order chi connectivity index (χ1) is 8.15. The molecule has 2 heteroatoms. The first kappa shape index (κ1) is 14.5. The van der Waals surface area contributed by atoms with Crippen molar-refractivity contribution in [2.45, 2.75) is 46.1 Å². The highest BCUT2D eigenvalue weighted by atomic mass is 35.5. The summed E-state index contributed by atoms with van der Waals surface area (Å²) in [7, 11) is 0. The number of aryl methyl sites for hydroxylation is 1. The maximum absolute atomic E-state index is 6.15. The Hall–Kier alpha value is -0.530. The van der Waals surface area contributed by atoms with Crippen molar-refractivity contribution < 1.29 is 0 Å². The minimum Gasteiger partial charge on any atom is -0.314 e. The van der Waals surface area contributed by atoms with Crippen molar-refractivity contribution in [1.82, 2.24) is 5.32 Å². The third kappa shape index (κ3) is 5.10. The Kier molecular flexibility index (Phi) is 6.61. The monoisotopic (exact) mass is 253 g/mol. The summed E-state index contributed by atoms with van der Waals surface area (Å²) < 4.78 is 0. The maximum atomic E-state index is 6.15. The van der Waals surface area contributed by atoms with Crippen LogP contribution in [0.25, 0.3) is 0 Å². The Morgan fingerprint density at radius 1 is 1.24 bits per heavy atom. The number of benzene rings is 1. The van der Waals surface area contributed by atoms with Gasteiger partial charge >= 0.3 is 0 Å². The Bertz CT molecular complexity index is 322. The first-order valence-corrected chi connectivity index (χ1v) is 6.99. The molecule has 0 aromatic heterocycles. The lowest BCUT2D eigenvalue weighted by Crippen LogP contribution is -2.33. The van der Waals surface area contributed by atoms with E-state index in [-0.39, 0.29) is 0 Å². The van der Waals surface area contributed by atoms with E-state index in [1.807, 2.05) is 12.1 Å². The fourth-order valence-corrected chi connectivity index (χ4v) is 2.38. The predicted octanol–water partition coefficient (Wildman–Crippen LogP) is 4.30. The van der Waals surface area contributed by atoms with Gasteiger partial charge in [-0.3, -0.25) is 0 Å². The van der Waals surface area contributed by atoms with Gasteiger partial charge in [0.1, 0.15) is 0 Å². The molecule has 1 unspecified atom stereocenters. The molecular weight excluding hydrogens is 230 g/mol. The molecule has 1 aromatic carbocycles. The van der Waals surface area contributed by atoms with E-state index in [9.17, 15) is 0 Å². The fourth-order valence-electron chi connectivity index (χ4n) is 2.15. The highest BCUT2D eigenvalue weighted by molar-refractivity contribution is 6.31. The van der Waals surface area contributed by atoms with Crippen LogP contribution in [0.2, 0.25) is 5.02 Å². The summed E-state index contributed by atoms with van der Waals surface area (Å²) in [6, 6.07) is 8.77. The zero-order chi connectivity index (χ0) is 12.7. The van der Waals surface area contributed by atoms with Crippen LogP contribution >= 0.6 is 11.6 Å². The van der Waals surface area contributed by atoms with E-state index in [2.05, 4.69) is 38.2 Å². The highest BCUT2D eigenvalue weighted by Gasteiger charge is 2.11. The average Bonchev–Trinajstić information content (AvgIpc) is 2.30. The number of hydrogen-bond donors (Lipinski definition) is 1. The van der Waals surface area contributed by atoms with Crippen molar-refractivity contribution in [1.29, 1.82) is 0 Å². The highest BCUT2D eigenvalue weighted by Crippen LogP contribution is 2.18. The lowest BCUT2D eigenvalue weighted by molar-refractivity contribution is 0.377. The molecule has 0 aliphatic heterocycles. The van der Waals surface area contributed by atoms with Crippen molar-refractivity contribution in [2.75, 3.05) is 6.54 Å². The molecule has 1 rings (SSSR count). The Morgan fingerprint density at radius 2 is 1.94 bits per heavy atom. The van der Waals surface area contributed by atoms with Crippen LogP contribution in [0.15, 0.2) is 24.3 Å². The molecule has 0 amide bonds. The normalized spacial score (nSPS) is 13.0. The van der Waals surface area contributed by atoms with Gasteiger partial charge in [0, 0.05) is 11.1 Å². The van der Waals surface area contributed by atoms with E-state index in [0.29, 0.717) is 12.0 Å². The third-order valence-electron chi connectivity index (χ3n) is 3.19. The van der Waals surface area contributed by atoms with E-state index in [1.165, 1.54) is 18.4 Å². The summed E-state index contributed by atoms with van der Waals surface area (Å²) in [5, 5.41) is 4.45. The van der Waals surface area contributed by atoms with Gasteiger partial charge in [0.05, 0.1) is 0 Å². The third-order valence-corrected chi connectivity index (χ3v) is 3.56. The van der Waals surface area contributed by atoms with E-state index < -0.39 is 0 Å². The van der Waals surface area contributed by atoms with Gasteiger partial charge in [-0.1, -0.05) is 50.6 Å². The topological polar surface area (TPSA) is 12.0 Å². The molecule has 1 atom stereocenters. The van der Waals surface area contributed by atoms with Crippen LogP contribution in [0.5, 0.6) is 0 Å². The second-order valence-electron chi connectivity index (χ2n) is 4.89. The maximum Gasteiger partial charge on any atom is 0.0437 e. The average molecular weight is 254 g/mol. The van der Waals surface area contributed by atoms with Crippen molar-refractivity contribution in [3.63, 3.8) is 0 Å². The first-order valence-electron chi connectivity index (χ1n) is 6.62. The number of halogens is 1. The molecular formula is C15H24ClN. The molecule has 0 heterocycles. The lowest BCUT2D eigenvalue weighted by atomic mass is 9.97. The standard InChI is InChI=1S/C15H24ClN/c1-4-17-15(12(2)3)11-7-9-13-8-5-6-10-14(13)16/h5-6,8,10,12,15,17H,4,7,9,11H2,1-3H3. The number of nitrogens with one attached hydrogen (secondary N) is 1. The smallest absolute Gasteiger partial charge is 0.0437 e. The molecule has 0 aliphatic rings. The summed E-state index contributed by atoms with van der Waals surface area (Å²) in [5.74, 6) is 0.696. The van der Waals surface area contributed by atoms with Crippen molar-refractivity contribution in [2.24, 2.45) is 5.92 Å². The number of hydrogen-bond acceptors (Lipinski definition) is 1. The van der Waals surface area contributed by atoms with Crippen LogP contribution in [-0.2, 0) is 6.42 Å². The Balaban J connectivity index is 2.38. The minimum atomic E-state index is 0.627. The fraction of sp³-hybridized carbons (Fsp3) is 0.600. The van der Waals surface area contributed by atoms with Crippen LogP contribution in [0.3, 0.4) is 0 Å². The van der Waals surface area contributed by atoms with Crippen LogP contribution in [0, 0.1) is 5.92 Å². The SMILES string of the molecule is CCNC(CCCc1ccccc1Cl)C(C)C. The van der Waals surface area contributed by atoms with Gasteiger partial charge in [-0.15, -0.1) is 0 Å². The van der Waals surface area contributed by atoms with Crippen LogP contribution in [-0.4, -0.2) is 12.6 Å². The van der Waals surface area contributed by atoms with E-state index in [4.69, 9.17) is 11.6 Å². The van der Waals surface area contributed by atoms with Gasteiger partial charge in [-0.2, -0.15) is 0 Å². The van der Waals surface area contributed by atoms with Gasteiger partial charge in [0.25, 0.3) is 0 Å². The molecule has 0 bridgehead atoms. The quantitative estimate of drug-likeness (QED) is 0.764. The van der Waals surface area contributed by atoms with Crippen LogP contribution in [0.4, 0.5) is 0 Å². The summed E-state index contributed by atoms with van der Waals surface area (Å²) in [5.41, 5.74) is 1.27. The molecule has 1 N–H and O–H groups in total. The molecule has 0 radical (unpaired) electrons. The summed E-state index contributed by atoms with van der Waals surface area (Å²) in [6.45, 7) is 7.78. The van der Waals surface area contributed by atoms with Crippen molar-refractivity contribution >= 4 is 11.6 Å². The summed E-state index contributed by atoms with van der Waals surface area (Å²) in [4.78, 5) is 0. The zero-order valence-corrected chi connectivity index (χ0v) is 11.9. The van der Waals surface area contributed by atoms with Gasteiger partial charge in [0.2, 0.25) is 0 Å². The second-order valence-corrected chi connectivity index (χ2v) is 5.30. The zero-order valence-electron chi connectivity index (χ0n) is 11.2. The second kappa shape index (κ2) is 7.73. The van der Waals surface area contributed by atoms with Crippen molar-refractivity contribution in [3.8, 4) is 0 Å². The van der Waals surface area contributed by atoms with Gasteiger partial charge in [-0.05, 0) is 43.4 Å². The minimum absolute atomic E-state index is 0.627. The predicted molar refractivity (Wildman–Crippen MR) is 76.7 cm³/mol. The van der Waals surface area contributed by atoms with Crippen LogP contribution < -0.4 is 5.32 Å². The summed E-state index contributed by atoms with van der Waals surface area (Å²) >= 11 is 6.15. The molecule has 0 fully saturated rings. The van der Waals surface area contributed by atoms with Gasteiger partial charge in [-0.25, -0.2) is 0 Å². The molecule has 0 spiro atoms. The van der Waals surface area contributed by atoms with Crippen LogP contribution in [0.1, 0.15) is 39.2 Å². The Morgan fingerprint density at radius 3 is 2.53 bits per heavy atom. The molecule has 0 aliphatic carbocycles. The molecule has 1 nitrogen and oxygen atoms in total. The molecule has 1 aromatic rings. The van der Waals surface area contributed by atoms with E-state index in [1.54, 1.807) is 0 Å². The Labute approximate surface area is 111 Å².